The van der Waals surface area contributed by atoms with Crippen LogP contribution in [0.15, 0.2) is 18.3 Å². The molecule has 1 aliphatic carbocycles. The van der Waals surface area contributed by atoms with E-state index in [9.17, 15) is 4.79 Å². The van der Waals surface area contributed by atoms with Crippen LogP contribution in [0, 0.1) is 0 Å². The zero-order valence-corrected chi connectivity index (χ0v) is 12.0. The summed E-state index contributed by atoms with van der Waals surface area (Å²) in [6.07, 6.45) is 8.90. The van der Waals surface area contributed by atoms with Crippen molar-refractivity contribution >= 4 is 17.6 Å². The standard InChI is InChI=1S/C15H23N3O2/c1-2-20-15(19)18-13-9-10-14(16-11-13)17-12-7-5-3-4-6-8-12/h9-12H,2-8H2,1H3,(H,16,17)(H,18,19). The maximum Gasteiger partial charge on any atom is 0.411 e. The number of hydrogen-bond acceptors (Lipinski definition) is 4. The molecule has 0 aliphatic heterocycles. The fourth-order valence-corrected chi connectivity index (χ4v) is 2.47. The third-order valence-corrected chi connectivity index (χ3v) is 3.49. The Kier molecular flexibility index (Phi) is 5.65. The molecular formula is C15H23N3O2. The third kappa shape index (κ3) is 4.72. The normalized spacial score (nSPS) is 16.2. The molecule has 2 N–H and O–H groups in total. The van der Waals surface area contributed by atoms with E-state index in [1.54, 1.807) is 13.1 Å². The Balaban J connectivity index is 1.85. The van der Waals surface area contributed by atoms with Crippen molar-refractivity contribution in [1.82, 2.24) is 4.98 Å². The molecule has 1 aromatic heterocycles. The molecule has 110 valence electrons. The van der Waals surface area contributed by atoms with Gasteiger partial charge in [-0.05, 0) is 31.9 Å². The van der Waals surface area contributed by atoms with E-state index in [1.807, 2.05) is 12.1 Å². The lowest BCUT2D eigenvalue weighted by Crippen LogP contribution is -2.19. The van der Waals surface area contributed by atoms with E-state index in [1.165, 1.54) is 38.5 Å². The fraction of sp³-hybridized carbons (Fsp3) is 0.600. The first-order chi connectivity index (χ1) is 9.78. The summed E-state index contributed by atoms with van der Waals surface area (Å²) in [5.41, 5.74) is 0.648. The summed E-state index contributed by atoms with van der Waals surface area (Å²) in [7, 11) is 0. The minimum atomic E-state index is -0.446. The van der Waals surface area contributed by atoms with Crippen molar-refractivity contribution in [2.45, 2.75) is 51.5 Å². The molecule has 1 aromatic rings. The summed E-state index contributed by atoms with van der Waals surface area (Å²) in [5.74, 6) is 0.867. The van der Waals surface area contributed by atoms with Gasteiger partial charge in [0.05, 0.1) is 18.5 Å². The maximum atomic E-state index is 11.3. The molecule has 0 aromatic carbocycles. The van der Waals surface area contributed by atoms with E-state index in [-0.39, 0.29) is 0 Å². The second-order valence-corrected chi connectivity index (χ2v) is 5.11. The van der Waals surface area contributed by atoms with Crippen LogP contribution in [0.4, 0.5) is 16.3 Å². The average molecular weight is 277 g/mol. The summed E-state index contributed by atoms with van der Waals surface area (Å²) in [6, 6.07) is 4.25. The van der Waals surface area contributed by atoms with Gasteiger partial charge in [0.15, 0.2) is 0 Å². The number of rotatable bonds is 4. The molecule has 0 unspecified atom stereocenters. The van der Waals surface area contributed by atoms with E-state index >= 15 is 0 Å². The van der Waals surface area contributed by atoms with Crippen molar-refractivity contribution in [3.63, 3.8) is 0 Å². The number of aromatic nitrogens is 1. The first-order valence-corrected chi connectivity index (χ1v) is 7.44. The predicted octanol–water partition coefficient (Wildman–Crippen LogP) is 3.78. The van der Waals surface area contributed by atoms with Crippen LogP contribution in [0.5, 0.6) is 0 Å². The van der Waals surface area contributed by atoms with Gasteiger partial charge in [-0.15, -0.1) is 0 Å². The van der Waals surface area contributed by atoms with Crippen molar-refractivity contribution in [1.29, 1.82) is 0 Å². The van der Waals surface area contributed by atoms with Crippen LogP contribution in [0.1, 0.15) is 45.4 Å². The largest absolute Gasteiger partial charge is 0.450 e. The van der Waals surface area contributed by atoms with Gasteiger partial charge in [0.25, 0.3) is 0 Å². The minimum absolute atomic E-state index is 0.362. The Morgan fingerprint density at radius 2 is 2.05 bits per heavy atom. The maximum absolute atomic E-state index is 11.3. The van der Waals surface area contributed by atoms with Gasteiger partial charge in [0, 0.05) is 6.04 Å². The lowest BCUT2D eigenvalue weighted by molar-refractivity contribution is 0.168. The van der Waals surface area contributed by atoms with E-state index in [0.717, 1.165) is 5.82 Å². The summed E-state index contributed by atoms with van der Waals surface area (Å²) in [4.78, 5) is 15.6. The van der Waals surface area contributed by atoms with Crippen molar-refractivity contribution in [3.05, 3.63) is 18.3 Å². The highest BCUT2D eigenvalue weighted by Gasteiger charge is 2.12. The van der Waals surface area contributed by atoms with Crippen LogP contribution in [-0.2, 0) is 4.74 Å². The molecular weight excluding hydrogens is 254 g/mol. The van der Waals surface area contributed by atoms with Gasteiger partial charge in [0.2, 0.25) is 0 Å². The van der Waals surface area contributed by atoms with Crippen LogP contribution in [0.3, 0.4) is 0 Å². The number of amides is 1. The fourth-order valence-electron chi connectivity index (χ4n) is 2.47. The van der Waals surface area contributed by atoms with Crippen molar-refractivity contribution < 1.29 is 9.53 Å². The second kappa shape index (κ2) is 7.72. The minimum Gasteiger partial charge on any atom is -0.450 e. The zero-order valence-electron chi connectivity index (χ0n) is 12.0. The first kappa shape index (κ1) is 14.6. The molecule has 0 saturated heterocycles. The highest BCUT2D eigenvalue weighted by molar-refractivity contribution is 5.84. The van der Waals surface area contributed by atoms with Gasteiger partial charge in [0.1, 0.15) is 5.82 Å². The number of hydrogen-bond donors (Lipinski definition) is 2. The molecule has 0 radical (unpaired) electrons. The summed E-state index contributed by atoms with van der Waals surface area (Å²) < 4.78 is 4.82. The van der Waals surface area contributed by atoms with E-state index in [4.69, 9.17) is 4.74 Å². The summed E-state index contributed by atoms with van der Waals surface area (Å²) in [6.45, 7) is 2.14. The Bertz CT molecular complexity index is 412. The predicted molar refractivity (Wildman–Crippen MR) is 80.0 cm³/mol. The van der Waals surface area contributed by atoms with Gasteiger partial charge >= 0.3 is 6.09 Å². The molecule has 20 heavy (non-hydrogen) atoms. The topological polar surface area (TPSA) is 63.2 Å². The van der Waals surface area contributed by atoms with Gasteiger partial charge in [-0.3, -0.25) is 5.32 Å². The van der Waals surface area contributed by atoms with Crippen molar-refractivity contribution in [2.24, 2.45) is 0 Å². The van der Waals surface area contributed by atoms with Crippen LogP contribution in [0.2, 0.25) is 0 Å². The lowest BCUT2D eigenvalue weighted by Gasteiger charge is -2.17. The van der Waals surface area contributed by atoms with Gasteiger partial charge in [-0.1, -0.05) is 25.7 Å². The van der Waals surface area contributed by atoms with Gasteiger partial charge in [-0.25, -0.2) is 9.78 Å². The SMILES string of the molecule is CCOC(=O)Nc1ccc(NC2CCCCCC2)nc1. The molecule has 0 spiro atoms. The number of nitrogens with one attached hydrogen (secondary N) is 2. The monoisotopic (exact) mass is 277 g/mol. The number of nitrogens with zero attached hydrogens (tertiary/aromatic N) is 1. The molecule has 1 amide bonds. The van der Waals surface area contributed by atoms with Crippen molar-refractivity contribution in [2.75, 3.05) is 17.2 Å². The van der Waals surface area contributed by atoms with Crippen molar-refractivity contribution in [3.8, 4) is 0 Å². The summed E-state index contributed by atoms with van der Waals surface area (Å²) in [5, 5.41) is 6.10. The number of anilines is 2. The van der Waals surface area contributed by atoms with Crippen LogP contribution >= 0.6 is 0 Å². The Hall–Kier alpha value is -1.78. The highest BCUT2D eigenvalue weighted by atomic mass is 16.5. The summed E-state index contributed by atoms with van der Waals surface area (Å²) >= 11 is 0. The van der Waals surface area contributed by atoms with E-state index in [0.29, 0.717) is 18.3 Å². The zero-order chi connectivity index (χ0) is 14.2. The molecule has 0 atom stereocenters. The highest BCUT2D eigenvalue weighted by Crippen LogP contribution is 2.20. The number of pyridine rings is 1. The average Bonchev–Trinajstić information content (AvgIpc) is 2.70. The number of carbonyl (C=O) groups excluding carboxylic acids is 1. The molecule has 1 saturated carbocycles. The second-order valence-electron chi connectivity index (χ2n) is 5.11. The Labute approximate surface area is 120 Å². The molecule has 5 nitrogen and oxygen atoms in total. The lowest BCUT2D eigenvalue weighted by atomic mass is 10.1. The molecule has 1 heterocycles. The van der Waals surface area contributed by atoms with Crippen LogP contribution < -0.4 is 10.6 Å². The van der Waals surface area contributed by atoms with Gasteiger partial charge < -0.3 is 10.1 Å². The molecule has 0 bridgehead atoms. The Morgan fingerprint density at radius 3 is 2.65 bits per heavy atom. The molecule has 2 rings (SSSR count). The molecule has 1 fully saturated rings. The quantitative estimate of drug-likeness (QED) is 0.822. The Morgan fingerprint density at radius 1 is 1.30 bits per heavy atom. The van der Waals surface area contributed by atoms with Crippen LogP contribution in [-0.4, -0.2) is 23.7 Å². The molecule has 1 aliphatic rings. The third-order valence-electron chi connectivity index (χ3n) is 3.49. The number of ether oxygens (including phenoxy) is 1. The first-order valence-electron chi connectivity index (χ1n) is 7.44. The van der Waals surface area contributed by atoms with E-state index < -0.39 is 6.09 Å². The van der Waals surface area contributed by atoms with Crippen LogP contribution in [0.25, 0.3) is 0 Å². The van der Waals surface area contributed by atoms with Gasteiger partial charge in [-0.2, -0.15) is 0 Å². The number of carbonyl (C=O) groups is 1. The van der Waals surface area contributed by atoms with E-state index in [2.05, 4.69) is 15.6 Å². The smallest absolute Gasteiger partial charge is 0.411 e. The molecule has 5 heteroatoms.